The molecule has 4 rings (SSSR count). The molecule has 2 aromatic carbocycles. The molecule has 0 saturated carbocycles. The number of imidazole rings is 1. The summed E-state index contributed by atoms with van der Waals surface area (Å²) in [7, 11) is 0. The van der Waals surface area contributed by atoms with Crippen molar-refractivity contribution in [2.75, 3.05) is 0 Å². The predicted molar refractivity (Wildman–Crippen MR) is 93.5 cm³/mol. The van der Waals surface area contributed by atoms with Gasteiger partial charge in [0.05, 0.1) is 29.6 Å². The maximum absolute atomic E-state index is 9.02. The van der Waals surface area contributed by atoms with Crippen LogP contribution in [0.1, 0.15) is 22.5 Å². The molecule has 0 bridgehead atoms. The normalized spacial score (nSPS) is 12.7. The maximum Gasteiger partial charge on any atom is 0.138 e. The van der Waals surface area contributed by atoms with Crippen LogP contribution in [0.25, 0.3) is 17.5 Å². The average molecular weight is 312 g/mol. The van der Waals surface area contributed by atoms with E-state index in [4.69, 9.17) is 10.2 Å². The molecule has 4 heteroatoms. The fraction of sp³-hybridized carbons (Fsp3) is 0.100. The van der Waals surface area contributed by atoms with Crippen LogP contribution < -0.4 is 0 Å². The molecule has 4 nitrogen and oxygen atoms in total. The van der Waals surface area contributed by atoms with Crippen molar-refractivity contribution in [3.63, 3.8) is 0 Å². The molecule has 0 aliphatic carbocycles. The monoisotopic (exact) mass is 312 g/mol. The Bertz CT molecular complexity index is 932. The van der Waals surface area contributed by atoms with Crippen LogP contribution in [0, 0.1) is 11.3 Å². The van der Waals surface area contributed by atoms with E-state index in [1.165, 1.54) is 0 Å². The van der Waals surface area contributed by atoms with Crippen LogP contribution in [-0.2, 0) is 13.1 Å². The molecule has 1 N–H and O–H groups in total. The van der Waals surface area contributed by atoms with Crippen molar-refractivity contribution >= 4 is 6.08 Å². The first-order valence-electron chi connectivity index (χ1n) is 7.87. The zero-order valence-corrected chi connectivity index (χ0v) is 13.1. The molecular weight excluding hydrogens is 296 g/mol. The second kappa shape index (κ2) is 6.05. The van der Waals surface area contributed by atoms with Gasteiger partial charge in [0, 0.05) is 18.3 Å². The van der Waals surface area contributed by atoms with Crippen molar-refractivity contribution in [2.45, 2.75) is 13.1 Å². The summed E-state index contributed by atoms with van der Waals surface area (Å²) < 4.78 is 0. The fourth-order valence-corrected chi connectivity index (χ4v) is 2.92. The standard InChI is InChI=1S/C20H16N4/c21-12-15-5-4-6-16(11-15)13-24-10-9-18-19(14-24)23-20(22-18)17-7-2-1-3-8-17/h1-11H,13-14H2,(H,22,23). The van der Waals surface area contributed by atoms with E-state index in [-0.39, 0.29) is 0 Å². The van der Waals surface area contributed by atoms with Crippen molar-refractivity contribution < 1.29 is 0 Å². The minimum atomic E-state index is 0.695. The van der Waals surface area contributed by atoms with E-state index < -0.39 is 0 Å². The number of fused-ring (bicyclic) bond motifs is 1. The number of nitrogens with zero attached hydrogens (tertiary/aromatic N) is 3. The number of hydrogen-bond acceptors (Lipinski definition) is 3. The molecule has 24 heavy (non-hydrogen) atoms. The third-order valence-corrected chi connectivity index (χ3v) is 4.10. The molecule has 116 valence electrons. The topological polar surface area (TPSA) is 55.7 Å². The third kappa shape index (κ3) is 2.80. The molecule has 3 aromatic rings. The van der Waals surface area contributed by atoms with Crippen molar-refractivity contribution in [1.29, 1.82) is 5.26 Å². The summed E-state index contributed by atoms with van der Waals surface area (Å²) in [5.41, 5.74) is 5.03. The molecule has 1 aliphatic heterocycles. The smallest absolute Gasteiger partial charge is 0.138 e. The molecular formula is C20H16N4. The Kier molecular flexibility index (Phi) is 3.60. The van der Waals surface area contributed by atoms with Gasteiger partial charge in [0.15, 0.2) is 0 Å². The molecule has 0 unspecified atom stereocenters. The summed E-state index contributed by atoms with van der Waals surface area (Å²) in [5.74, 6) is 0.901. The Labute approximate surface area is 140 Å². The van der Waals surface area contributed by atoms with Crippen LogP contribution in [0.4, 0.5) is 0 Å². The van der Waals surface area contributed by atoms with E-state index in [1.807, 2.05) is 42.5 Å². The average Bonchev–Trinajstić information content (AvgIpc) is 3.06. The first-order chi connectivity index (χ1) is 11.8. The molecule has 1 aromatic heterocycles. The zero-order valence-electron chi connectivity index (χ0n) is 13.1. The summed E-state index contributed by atoms with van der Waals surface area (Å²) in [6.07, 6.45) is 4.14. The Balaban J connectivity index is 1.54. The van der Waals surface area contributed by atoms with Crippen molar-refractivity contribution in [1.82, 2.24) is 14.9 Å². The lowest BCUT2D eigenvalue weighted by atomic mass is 10.1. The van der Waals surface area contributed by atoms with Gasteiger partial charge in [-0.15, -0.1) is 0 Å². The minimum Gasteiger partial charge on any atom is -0.367 e. The number of hydrogen-bond donors (Lipinski definition) is 1. The summed E-state index contributed by atoms with van der Waals surface area (Å²) in [6, 6.07) is 20.1. The van der Waals surface area contributed by atoms with Crippen LogP contribution in [0.3, 0.4) is 0 Å². The molecule has 1 aliphatic rings. The van der Waals surface area contributed by atoms with Crippen molar-refractivity contribution in [3.05, 3.63) is 83.3 Å². The van der Waals surface area contributed by atoms with Gasteiger partial charge >= 0.3 is 0 Å². The Morgan fingerprint density at radius 3 is 2.83 bits per heavy atom. The van der Waals surface area contributed by atoms with Gasteiger partial charge in [-0.2, -0.15) is 5.26 Å². The molecule has 0 fully saturated rings. The van der Waals surface area contributed by atoms with E-state index >= 15 is 0 Å². The summed E-state index contributed by atoms with van der Waals surface area (Å²) in [5, 5.41) is 9.02. The number of nitrogens with one attached hydrogen (secondary N) is 1. The van der Waals surface area contributed by atoms with Gasteiger partial charge in [0.2, 0.25) is 0 Å². The lowest BCUT2D eigenvalue weighted by Crippen LogP contribution is -2.19. The first-order valence-corrected chi connectivity index (χ1v) is 7.87. The van der Waals surface area contributed by atoms with Crippen molar-refractivity contribution in [2.24, 2.45) is 0 Å². The third-order valence-electron chi connectivity index (χ3n) is 4.10. The van der Waals surface area contributed by atoms with Gasteiger partial charge in [-0.3, -0.25) is 0 Å². The lowest BCUT2D eigenvalue weighted by Gasteiger charge is -2.22. The molecule has 0 saturated heterocycles. The second-order valence-electron chi connectivity index (χ2n) is 5.84. The van der Waals surface area contributed by atoms with E-state index in [0.29, 0.717) is 5.56 Å². The largest absolute Gasteiger partial charge is 0.367 e. The Morgan fingerprint density at radius 1 is 1.12 bits per heavy atom. The molecule has 2 heterocycles. The molecule has 0 atom stereocenters. The lowest BCUT2D eigenvalue weighted by molar-refractivity contribution is 0.355. The highest BCUT2D eigenvalue weighted by atomic mass is 15.1. The fourth-order valence-electron chi connectivity index (χ4n) is 2.92. The highest BCUT2D eigenvalue weighted by Gasteiger charge is 2.16. The summed E-state index contributed by atoms with van der Waals surface area (Å²) in [6.45, 7) is 1.52. The Hall–Kier alpha value is -3.32. The van der Waals surface area contributed by atoms with E-state index in [1.54, 1.807) is 0 Å². The summed E-state index contributed by atoms with van der Waals surface area (Å²) >= 11 is 0. The van der Waals surface area contributed by atoms with Gasteiger partial charge in [-0.25, -0.2) is 4.98 Å². The van der Waals surface area contributed by atoms with Crippen LogP contribution in [0.5, 0.6) is 0 Å². The number of rotatable bonds is 3. The first kappa shape index (κ1) is 14.3. The number of H-pyrrole nitrogens is 1. The highest BCUT2D eigenvalue weighted by molar-refractivity contribution is 5.60. The van der Waals surface area contributed by atoms with Crippen molar-refractivity contribution in [3.8, 4) is 17.5 Å². The van der Waals surface area contributed by atoms with E-state index in [0.717, 1.165) is 41.4 Å². The quantitative estimate of drug-likeness (QED) is 0.797. The highest BCUT2D eigenvalue weighted by Crippen LogP contribution is 2.24. The van der Waals surface area contributed by atoms with Crippen LogP contribution in [0.15, 0.2) is 60.8 Å². The van der Waals surface area contributed by atoms with Gasteiger partial charge < -0.3 is 9.88 Å². The molecule has 0 spiro atoms. The number of benzene rings is 2. The summed E-state index contributed by atoms with van der Waals surface area (Å²) in [4.78, 5) is 10.3. The van der Waals surface area contributed by atoms with Crippen LogP contribution >= 0.6 is 0 Å². The van der Waals surface area contributed by atoms with Crippen LogP contribution in [0.2, 0.25) is 0 Å². The van der Waals surface area contributed by atoms with E-state index in [9.17, 15) is 0 Å². The van der Waals surface area contributed by atoms with E-state index in [2.05, 4.69) is 40.4 Å². The Morgan fingerprint density at radius 2 is 2.00 bits per heavy atom. The zero-order chi connectivity index (χ0) is 16.4. The maximum atomic E-state index is 9.02. The van der Waals surface area contributed by atoms with Gasteiger partial charge in [-0.05, 0) is 23.8 Å². The number of aromatic nitrogens is 2. The van der Waals surface area contributed by atoms with Crippen LogP contribution in [-0.4, -0.2) is 14.9 Å². The second-order valence-corrected chi connectivity index (χ2v) is 5.84. The SMILES string of the molecule is N#Cc1cccc(CN2C=Cc3[nH]c(-c4ccccc4)nc3C2)c1. The molecule has 0 amide bonds. The molecule has 0 radical (unpaired) electrons. The van der Waals surface area contributed by atoms with Gasteiger partial charge in [0.1, 0.15) is 5.82 Å². The predicted octanol–water partition coefficient (Wildman–Crippen LogP) is 3.93. The minimum absolute atomic E-state index is 0.695. The number of nitriles is 1. The van der Waals surface area contributed by atoms with Gasteiger partial charge in [0.25, 0.3) is 0 Å². The number of aromatic amines is 1. The van der Waals surface area contributed by atoms with Gasteiger partial charge in [-0.1, -0.05) is 42.5 Å².